The van der Waals surface area contributed by atoms with Crippen molar-refractivity contribution in [3.05, 3.63) is 23.8 Å². The second kappa shape index (κ2) is 20.9. The highest BCUT2D eigenvalue weighted by Crippen LogP contribution is 2.24. The summed E-state index contributed by atoms with van der Waals surface area (Å²) in [5, 5.41) is 0. The highest BCUT2D eigenvalue weighted by atomic mass is 16.5. The molecule has 0 aliphatic rings. The molecule has 0 spiro atoms. The minimum Gasteiger partial charge on any atom is -0.493 e. The summed E-state index contributed by atoms with van der Waals surface area (Å²) in [5.41, 5.74) is 0.480. The van der Waals surface area contributed by atoms with E-state index in [-0.39, 0.29) is 5.97 Å². The number of methoxy groups -OCH3 is 1. The van der Waals surface area contributed by atoms with Crippen LogP contribution in [0.4, 0.5) is 0 Å². The van der Waals surface area contributed by atoms with Crippen LogP contribution in [-0.2, 0) is 4.74 Å². The molecule has 0 aliphatic carbocycles. The number of benzene rings is 1. The number of carbonyl (C=O) groups is 1. The number of rotatable bonds is 22. The molecule has 4 heteroatoms. The maximum Gasteiger partial charge on any atom is 0.338 e. The summed E-state index contributed by atoms with van der Waals surface area (Å²) in [6, 6.07) is 5.40. The van der Waals surface area contributed by atoms with E-state index in [0.29, 0.717) is 30.3 Å². The van der Waals surface area contributed by atoms with Crippen molar-refractivity contribution in [1.82, 2.24) is 0 Å². The van der Waals surface area contributed by atoms with E-state index in [4.69, 9.17) is 14.2 Å². The zero-order valence-electron chi connectivity index (χ0n) is 21.8. The minimum atomic E-state index is -0.361. The number of unbranched alkanes of at least 4 members (excludes halogenated alkanes) is 15. The monoisotopic (exact) mass is 462 g/mol. The Morgan fingerprint density at radius 2 is 0.939 bits per heavy atom. The number of ether oxygens (including phenoxy) is 3. The van der Waals surface area contributed by atoms with Gasteiger partial charge in [-0.3, -0.25) is 0 Å². The molecule has 0 saturated heterocycles. The van der Waals surface area contributed by atoms with Crippen LogP contribution in [0, 0.1) is 0 Å². The molecule has 0 unspecified atom stereocenters. The van der Waals surface area contributed by atoms with Crippen molar-refractivity contribution in [1.29, 1.82) is 0 Å². The molecule has 1 rings (SSSR count). The highest BCUT2D eigenvalue weighted by molar-refractivity contribution is 5.90. The Balaban J connectivity index is 2.30. The summed E-state index contributed by atoms with van der Waals surface area (Å²) in [5.74, 6) is 1.01. The largest absolute Gasteiger partial charge is 0.493 e. The predicted octanol–water partition coefficient (Wildman–Crippen LogP) is 8.90. The first-order valence-electron chi connectivity index (χ1n) is 13.7. The average Bonchev–Trinajstić information content (AvgIpc) is 2.83. The molecule has 0 fully saturated rings. The molecule has 0 atom stereocenters. The van der Waals surface area contributed by atoms with Crippen LogP contribution < -0.4 is 9.47 Å². The van der Waals surface area contributed by atoms with Crippen LogP contribution in [0.15, 0.2) is 18.2 Å². The quantitative estimate of drug-likeness (QED) is 0.127. The van der Waals surface area contributed by atoms with Crippen molar-refractivity contribution >= 4 is 5.97 Å². The van der Waals surface area contributed by atoms with Gasteiger partial charge in [-0.1, -0.05) is 110 Å². The molecule has 0 amide bonds. The van der Waals surface area contributed by atoms with Crippen LogP contribution in [-0.4, -0.2) is 26.3 Å². The van der Waals surface area contributed by atoms with Crippen molar-refractivity contribution in [2.24, 2.45) is 0 Å². The third-order valence-corrected chi connectivity index (χ3v) is 6.08. The first-order chi connectivity index (χ1) is 16.2. The Hall–Kier alpha value is -1.71. The molecule has 0 bridgehead atoms. The van der Waals surface area contributed by atoms with Crippen molar-refractivity contribution in [3.63, 3.8) is 0 Å². The second-order valence-corrected chi connectivity index (χ2v) is 9.18. The average molecular weight is 463 g/mol. The van der Waals surface area contributed by atoms with E-state index in [9.17, 15) is 4.79 Å². The SMILES string of the molecule is CCCCCCCCCCCOc1cc(OCCCCCCCCCC)cc(C(=O)OC)c1. The molecule has 190 valence electrons. The molecule has 0 heterocycles. The summed E-state index contributed by atoms with van der Waals surface area (Å²) >= 11 is 0. The Bertz CT molecular complexity index is 599. The number of carbonyl (C=O) groups excluding carboxylic acids is 1. The molecule has 0 saturated carbocycles. The lowest BCUT2D eigenvalue weighted by molar-refractivity contribution is 0.0599. The lowest BCUT2D eigenvalue weighted by atomic mass is 10.1. The van der Waals surface area contributed by atoms with E-state index in [2.05, 4.69) is 13.8 Å². The van der Waals surface area contributed by atoms with E-state index in [0.717, 1.165) is 12.8 Å². The van der Waals surface area contributed by atoms with E-state index < -0.39 is 0 Å². The first kappa shape index (κ1) is 29.3. The maximum absolute atomic E-state index is 12.1. The van der Waals surface area contributed by atoms with Crippen LogP contribution >= 0.6 is 0 Å². The lowest BCUT2D eigenvalue weighted by Gasteiger charge is -2.12. The molecule has 0 N–H and O–H groups in total. The fourth-order valence-electron chi connectivity index (χ4n) is 4.00. The topological polar surface area (TPSA) is 44.8 Å². The Kier molecular flexibility index (Phi) is 18.5. The third-order valence-electron chi connectivity index (χ3n) is 6.08. The van der Waals surface area contributed by atoms with Gasteiger partial charge in [0.05, 0.1) is 25.9 Å². The van der Waals surface area contributed by atoms with E-state index in [1.807, 2.05) is 6.07 Å². The number of esters is 1. The summed E-state index contributed by atoms with van der Waals surface area (Å²) < 4.78 is 16.8. The van der Waals surface area contributed by atoms with Crippen molar-refractivity contribution in [3.8, 4) is 11.5 Å². The molecule has 4 nitrogen and oxygen atoms in total. The minimum absolute atomic E-state index is 0.361. The summed E-state index contributed by atoms with van der Waals surface area (Å²) in [6.45, 7) is 5.84. The number of hydrogen-bond donors (Lipinski definition) is 0. The molecule has 0 aromatic heterocycles. The van der Waals surface area contributed by atoms with Crippen LogP contribution in [0.25, 0.3) is 0 Å². The lowest BCUT2D eigenvalue weighted by Crippen LogP contribution is -2.05. The molecule has 0 radical (unpaired) electrons. The molecule has 1 aromatic rings. The van der Waals surface area contributed by atoms with Gasteiger partial charge in [-0.2, -0.15) is 0 Å². The predicted molar refractivity (Wildman–Crippen MR) is 139 cm³/mol. The van der Waals surface area contributed by atoms with Crippen molar-refractivity contribution in [2.45, 2.75) is 123 Å². The van der Waals surface area contributed by atoms with Crippen molar-refractivity contribution < 1.29 is 19.0 Å². The summed E-state index contributed by atoms with van der Waals surface area (Å²) in [6.07, 6.45) is 21.7. The number of hydrogen-bond acceptors (Lipinski definition) is 4. The zero-order chi connectivity index (χ0) is 24.0. The maximum atomic E-state index is 12.1. The molecule has 1 aromatic carbocycles. The van der Waals surface area contributed by atoms with Gasteiger partial charge in [-0.05, 0) is 25.0 Å². The van der Waals surface area contributed by atoms with E-state index in [1.165, 1.54) is 103 Å². The highest BCUT2D eigenvalue weighted by Gasteiger charge is 2.11. The van der Waals surface area contributed by atoms with Gasteiger partial charge in [-0.15, -0.1) is 0 Å². The van der Waals surface area contributed by atoms with Crippen LogP contribution in [0.2, 0.25) is 0 Å². The van der Waals surface area contributed by atoms with Gasteiger partial charge in [-0.25, -0.2) is 4.79 Å². The van der Waals surface area contributed by atoms with Gasteiger partial charge in [0.15, 0.2) is 0 Å². The van der Waals surface area contributed by atoms with Crippen LogP contribution in [0.5, 0.6) is 11.5 Å². The van der Waals surface area contributed by atoms with E-state index >= 15 is 0 Å². The fourth-order valence-corrected chi connectivity index (χ4v) is 4.00. The van der Waals surface area contributed by atoms with Gasteiger partial charge in [0, 0.05) is 6.07 Å². The first-order valence-corrected chi connectivity index (χ1v) is 13.7. The van der Waals surface area contributed by atoms with Gasteiger partial charge in [0.2, 0.25) is 0 Å². The Morgan fingerprint density at radius 3 is 1.30 bits per heavy atom. The second-order valence-electron chi connectivity index (χ2n) is 9.18. The molecular formula is C29H50O4. The zero-order valence-corrected chi connectivity index (χ0v) is 21.8. The van der Waals surface area contributed by atoms with Crippen molar-refractivity contribution in [2.75, 3.05) is 20.3 Å². The third kappa shape index (κ3) is 15.7. The van der Waals surface area contributed by atoms with Gasteiger partial charge >= 0.3 is 5.97 Å². The summed E-state index contributed by atoms with van der Waals surface area (Å²) in [7, 11) is 1.40. The Labute approximate surface area is 203 Å². The van der Waals surface area contributed by atoms with Gasteiger partial charge in [0.1, 0.15) is 11.5 Å². The van der Waals surface area contributed by atoms with Crippen LogP contribution in [0.3, 0.4) is 0 Å². The summed E-state index contributed by atoms with van der Waals surface area (Å²) in [4.78, 5) is 12.1. The molecular weight excluding hydrogens is 412 g/mol. The van der Waals surface area contributed by atoms with Gasteiger partial charge in [0.25, 0.3) is 0 Å². The Morgan fingerprint density at radius 1 is 0.576 bits per heavy atom. The fraction of sp³-hybridized carbons (Fsp3) is 0.759. The molecule has 0 aliphatic heterocycles. The standard InChI is InChI=1S/C29H50O4/c1-4-6-8-10-12-14-16-18-20-22-33-28-24-26(29(30)31-3)23-27(25-28)32-21-19-17-15-13-11-9-7-5-2/h23-25H,4-22H2,1-3H3. The normalized spacial score (nSPS) is 10.9. The van der Waals surface area contributed by atoms with Gasteiger partial charge < -0.3 is 14.2 Å². The van der Waals surface area contributed by atoms with E-state index in [1.54, 1.807) is 12.1 Å². The van der Waals surface area contributed by atoms with Crippen LogP contribution in [0.1, 0.15) is 133 Å². The smallest absolute Gasteiger partial charge is 0.338 e. The molecule has 33 heavy (non-hydrogen) atoms.